The number of aromatic nitrogens is 2. The fraction of sp³-hybridized carbons (Fsp3) is 0.375. The lowest BCUT2D eigenvalue weighted by Crippen LogP contribution is -2.15. The maximum Gasteiger partial charge on any atom is 0.412 e. The summed E-state index contributed by atoms with van der Waals surface area (Å²) >= 11 is 0. The average molecular weight is 287 g/mol. The minimum Gasteiger partial charge on any atom is -0.444 e. The monoisotopic (exact) mass is 287 g/mol. The third-order valence-electron chi connectivity index (χ3n) is 3.06. The van der Waals surface area contributed by atoms with E-state index in [1.165, 1.54) is 0 Å². The molecule has 0 aliphatic heterocycles. The normalized spacial score (nSPS) is 10.7. The van der Waals surface area contributed by atoms with Gasteiger partial charge in [-0.25, -0.2) is 4.79 Å². The molecule has 2 rings (SSSR count). The molecule has 1 heterocycles. The summed E-state index contributed by atoms with van der Waals surface area (Å²) in [4.78, 5) is 11.9. The molecule has 112 valence electrons. The van der Waals surface area contributed by atoms with E-state index in [4.69, 9.17) is 4.74 Å². The van der Waals surface area contributed by atoms with Crippen molar-refractivity contribution in [3.63, 3.8) is 0 Å². The van der Waals surface area contributed by atoms with Gasteiger partial charge in [0, 0.05) is 0 Å². The quantitative estimate of drug-likeness (QED) is 0.881. The smallest absolute Gasteiger partial charge is 0.412 e. The molecule has 0 saturated carbocycles. The van der Waals surface area contributed by atoms with E-state index in [-0.39, 0.29) is 6.61 Å². The van der Waals surface area contributed by atoms with E-state index in [0.29, 0.717) is 5.92 Å². The molecule has 1 aromatic heterocycles. The van der Waals surface area contributed by atoms with Gasteiger partial charge in [0.15, 0.2) is 0 Å². The third-order valence-corrected chi connectivity index (χ3v) is 3.06. The van der Waals surface area contributed by atoms with E-state index in [1.54, 1.807) is 0 Å². The number of rotatable bonds is 5. The first kappa shape index (κ1) is 15.1. The van der Waals surface area contributed by atoms with Crippen LogP contribution >= 0.6 is 0 Å². The van der Waals surface area contributed by atoms with Crippen molar-refractivity contribution in [1.29, 1.82) is 0 Å². The summed E-state index contributed by atoms with van der Waals surface area (Å²) < 4.78 is 5.22. The molecule has 0 bridgehead atoms. The van der Waals surface area contributed by atoms with Crippen molar-refractivity contribution in [2.24, 2.45) is 5.92 Å². The van der Waals surface area contributed by atoms with Crippen LogP contribution in [0.2, 0.25) is 0 Å². The Labute approximate surface area is 124 Å². The SMILES string of the molecule is Cc1[nH]nc(CC(C)C)c1NC(=O)OCc1ccccc1. The van der Waals surface area contributed by atoms with Crippen molar-refractivity contribution < 1.29 is 9.53 Å². The van der Waals surface area contributed by atoms with E-state index in [1.807, 2.05) is 37.3 Å². The maximum absolute atomic E-state index is 11.9. The van der Waals surface area contributed by atoms with Crippen molar-refractivity contribution in [3.8, 4) is 0 Å². The Hall–Kier alpha value is -2.30. The highest BCUT2D eigenvalue weighted by Crippen LogP contribution is 2.20. The van der Waals surface area contributed by atoms with Gasteiger partial charge in [0.05, 0.1) is 17.1 Å². The zero-order chi connectivity index (χ0) is 15.2. The number of H-pyrrole nitrogens is 1. The number of anilines is 1. The van der Waals surface area contributed by atoms with E-state index in [0.717, 1.165) is 29.1 Å². The van der Waals surface area contributed by atoms with Crippen molar-refractivity contribution in [2.75, 3.05) is 5.32 Å². The topological polar surface area (TPSA) is 67.0 Å². The molecule has 0 aliphatic carbocycles. The fourth-order valence-electron chi connectivity index (χ4n) is 2.04. The van der Waals surface area contributed by atoms with E-state index in [9.17, 15) is 4.79 Å². The third kappa shape index (κ3) is 4.34. The maximum atomic E-state index is 11.9. The lowest BCUT2D eigenvalue weighted by Gasteiger charge is -2.09. The van der Waals surface area contributed by atoms with Crippen molar-refractivity contribution in [1.82, 2.24) is 10.2 Å². The lowest BCUT2D eigenvalue weighted by atomic mass is 10.1. The largest absolute Gasteiger partial charge is 0.444 e. The minimum atomic E-state index is -0.464. The van der Waals surface area contributed by atoms with Crippen LogP contribution in [0.3, 0.4) is 0 Å². The van der Waals surface area contributed by atoms with Crippen LogP contribution in [-0.4, -0.2) is 16.3 Å². The van der Waals surface area contributed by atoms with Crippen molar-refractivity contribution in [2.45, 2.75) is 33.8 Å². The van der Waals surface area contributed by atoms with Crippen molar-refractivity contribution >= 4 is 11.8 Å². The van der Waals surface area contributed by atoms with Gasteiger partial charge >= 0.3 is 6.09 Å². The van der Waals surface area contributed by atoms with E-state index < -0.39 is 6.09 Å². The average Bonchev–Trinajstić information content (AvgIpc) is 2.78. The molecule has 5 heteroatoms. The summed E-state index contributed by atoms with van der Waals surface area (Å²) in [6.07, 6.45) is 0.340. The molecule has 0 atom stereocenters. The number of carbonyl (C=O) groups excluding carboxylic acids is 1. The highest BCUT2D eigenvalue weighted by Gasteiger charge is 2.15. The molecule has 0 aliphatic rings. The zero-order valence-electron chi connectivity index (χ0n) is 12.6. The molecule has 0 saturated heterocycles. The summed E-state index contributed by atoms with van der Waals surface area (Å²) in [5.74, 6) is 0.466. The molecule has 5 nitrogen and oxygen atoms in total. The van der Waals surface area contributed by atoms with Gasteiger partial charge in [0.2, 0.25) is 0 Å². The highest BCUT2D eigenvalue weighted by molar-refractivity contribution is 5.86. The highest BCUT2D eigenvalue weighted by atomic mass is 16.5. The van der Waals surface area contributed by atoms with Gasteiger partial charge in [-0.05, 0) is 24.8 Å². The second kappa shape index (κ2) is 6.92. The van der Waals surface area contributed by atoms with Gasteiger partial charge in [-0.2, -0.15) is 5.10 Å². The Bertz CT molecular complexity index is 591. The minimum absolute atomic E-state index is 0.253. The number of aromatic amines is 1. The number of hydrogen-bond donors (Lipinski definition) is 2. The summed E-state index contributed by atoms with van der Waals surface area (Å²) in [5, 5.41) is 9.91. The van der Waals surface area contributed by atoms with Crippen LogP contribution in [0.4, 0.5) is 10.5 Å². The number of benzene rings is 1. The van der Waals surface area contributed by atoms with Crippen LogP contribution in [0, 0.1) is 12.8 Å². The fourth-order valence-corrected chi connectivity index (χ4v) is 2.04. The Balaban J connectivity index is 1.95. The number of aryl methyl sites for hydroxylation is 1. The first-order valence-corrected chi connectivity index (χ1v) is 7.07. The van der Waals surface area contributed by atoms with Gasteiger partial charge in [0.1, 0.15) is 6.61 Å². The second-order valence-corrected chi connectivity index (χ2v) is 5.46. The standard InChI is InChI=1S/C16H21N3O2/c1-11(2)9-14-15(12(3)18-19-14)17-16(20)21-10-13-7-5-4-6-8-13/h4-8,11H,9-10H2,1-3H3,(H,17,20)(H,18,19). The Morgan fingerprint density at radius 1 is 1.33 bits per heavy atom. The first-order valence-electron chi connectivity index (χ1n) is 7.07. The number of hydrogen-bond acceptors (Lipinski definition) is 3. The zero-order valence-corrected chi connectivity index (χ0v) is 12.6. The van der Waals surface area contributed by atoms with Gasteiger partial charge < -0.3 is 4.74 Å². The number of amides is 1. The molecule has 0 unspecified atom stereocenters. The summed E-state index contributed by atoms with van der Waals surface area (Å²) in [6.45, 7) is 6.36. The van der Waals surface area contributed by atoms with E-state index >= 15 is 0 Å². The summed E-state index contributed by atoms with van der Waals surface area (Å²) in [7, 11) is 0. The van der Waals surface area contributed by atoms with Crippen LogP contribution in [0.1, 0.15) is 30.8 Å². The Morgan fingerprint density at radius 3 is 2.71 bits per heavy atom. The van der Waals surface area contributed by atoms with Crippen LogP contribution in [-0.2, 0) is 17.8 Å². The van der Waals surface area contributed by atoms with Gasteiger partial charge in [-0.15, -0.1) is 0 Å². The molecular formula is C16H21N3O2. The number of nitrogens with one attached hydrogen (secondary N) is 2. The predicted octanol–water partition coefficient (Wildman–Crippen LogP) is 3.67. The number of carbonyl (C=O) groups is 1. The van der Waals surface area contributed by atoms with Crippen LogP contribution in [0.15, 0.2) is 30.3 Å². The molecule has 0 fully saturated rings. The summed E-state index contributed by atoms with van der Waals surface area (Å²) in [6, 6.07) is 9.59. The predicted molar refractivity (Wildman–Crippen MR) is 82.1 cm³/mol. The van der Waals surface area contributed by atoms with Crippen LogP contribution < -0.4 is 5.32 Å². The molecule has 2 aromatic rings. The molecule has 2 N–H and O–H groups in total. The van der Waals surface area contributed by atoms with Crippen LogP contribution in [0.25, 0.3) is 0 Å². The van der Waals surface area contributed by atoms with Gasteiger partial charge in [0.25, 0.3) is 0 Å². The van der Waals surface area contributed by atoms with Gasteiger partial charge in [-0.1, -0.05) is 44.2 Å². The molecule has 0 spiro atoms. The lowest BCUT2D eigenvalue weighted by molar-refractivity contribution is 0.155. The van der Waals surface area contributed by atoms with Crippen LogP contribution in [0.5, 0.6) is 0 Å². The number of ether oxygens (including phenoxy) is 1. The molecule has 1 aromatic carbocycles. The summed E-state index contributed by atoms with van der Waals surface area (Å²) in [5.41, 5.74) is 3.38. The second-order valence-electron chi connectivity index (χ2n) is 5.46. The number of nitrogens with zero attached hydrogens (tertiary/aromatic N) is 1. The van der Waals surface area contributed by atoms with Crippen molar-refractivity contribution in [3.05, 3.63) is 47.3 Å². The Morgan fingerprint density at radius 2 is 2.05 bits per heavy atom. The molecule has 21 heavy (non-hydrogen) atoms. The van der Waals surface area contributed by atoms with Gasteiger partial charge in [-0.3, -0.25) is 10.4 Å². The molecule has 1 amide bonds. The Kier molecular flexibility index (Phi) is 4.98. The molecular weight excluding hydrogens is 266 g/mol. The first-order chi connectivity index (χ1) is 10.1. The molecule has 0 radical (unpaired) electrons. The van der Waals surface area contributed by atoms with E-state index in [2.05, 4.69) is 29.4 Å².